The summed E-state index contributed by atoms with van der Waals surface area (Å²) >= 11 is 0. The number of alkyl halides is 6. The van der Waals surface area contributed by atoms with Crippen molar-refractivity contribution in [2.24, 2.45) is 0 Å². The Bertz CT molecular complexity index is 508. The molecule has 0 amide bonds. The van der Waals surface area contributed by atoms with Crippen LogP contribution in [0.15, 0.2) is 0 Å². The van der Waals surface area contributed by atoms with Crippen molar-refractivity contribution < 1.29 is 60.2 Å². The lowest BCUT2D eigenvalue weighted by molar-refractivity contribution is -0.197. The fourth-order valence-electron chi connectivity index (χ4n) is 1.18. The van der Waals surface area contributed by atoms with Crippen molar-refractivity contribution in [1.82, 2.24) is 5.32 Å². The Morgan fingerprint density at radius 2 is 1.23 bits per heavy atom. The molecule has 15 heteroatoms. The molecule has 0 aromatic rings. The molecule has 0 aromatic carbocycles. The number of carbonyl (C=O) groups is 3. The van der Waals surface area contributed by atoms with E-state index in [1.165, 1.54) is 0 Å². The quantitative estimate of drug-likeness (QED) is 0.290. The normalized spacial score (nSPS) is 13.8. The number of carboxylic acids is 1. The molecule has 22 heavy (non-hydrogen) atoms. The fourth-order valence-corrected chi connectivity index (χ4v) is 1.62. The number of carboxylic acid groups (broad SMARTS) is 1. The lowest BCUT2D eigenvalue weighted by Gasteiger charge is -2.29. The summed E-state index contributed by atoms with van der Waals surface area (Å²) in [5.41, 5.74) is -4.96. The molecule has 0 bridgehead atoms. The molecule has 128 valence electrons. The number of hydrogen-bond acceptors (Lipinski definition) is 5. The van der Waals surface area contributed by atoms with Crippen LogP contribution < -0.4 is 5.32 Å². The lowest BCUT2D eigenvalue weighted by Crippen LogP contribution is -2.70. The summed E-state index contributed by atoms with van der Waals surface area (Å²) < 4.78 is 84.3. The zero-order chi connectivity index (χ0) is 18.1. The van der Waals surface area contributed by atoms with E-state index in [1.807, 2.05) is 0 Å². The molecule has 0 atom stereocenters. The molecule has 0 radical (unpaired) electrons. The van der Waals surface area contributed by atoms with Gasteiger partial charge in [0, 0.05) is 0 Å². The number of ketones is 2. The van der Waals surface area contributed by atoms with Gasteiger partial charge in [0.1, 0.15) is 6.29 Å². The molecular weight excluding hydrogens is 355 g/mol. The van der Waals surface area contributed by atoms with E-state index in [1.54, 1.807) is 0 Å². The SMILES string of the molecule is O=C(O)C(NCP(=O)(O)O)(C(=O)C(F)(F)F)C(=O)C(F)(F)F. The molecule has 0 unspecified atom stereocenters. The molecule has 0 heterocycles. The smallest absolute Gasteiger partial charge is 0.453 e. The third-order valence-electron chi connectivity index (χ3n) is 2.07. The van der Waals surface area contributed by atoms with Crippen LogP contribution in [0.3, 0.4) is 0 Å². The van der Waals surface area contributed by atoms with E-state index in [0.29, 0.717) is 5.32 Å². The summed E-state index contributed by atoms with van der Waals surface area (Å²) in [4.78, 5) is 49.5. The van der Waals surface area contributed by atoms with Crippen LogP contribution in [0.1, 0.15) is 0 Å². The molecule has 0 rings (SSSR count). The van der Waals surface area contributed by atoms with Crippen LogP contribution in [-0.4, -0.2) is 56.6 Å². The van der Waals surface area contributed by atoms with Crippen LogP contribution in [0.4, 0.5) is 26.3 Å². The summed E-state index contributed by atoms with van der Waals surface area (Å²) in [5.74, 6) is -10.6. The maximum atomic E-state index is 12.3. The van der Waals surface area contributed by atoms with E-state index < -0.39 is 49.3 Å². The van der Waals surface area contributed by atoms with E-state index in [4.69, 9.17) is 14.9 Å². The number of nitrogens with one attached hydrogen (secondary N) is 1. The number of hydrogen-bond donors (Lipinski definition) is 4. The van der Waals surface area contributed by atoms with Crippen LogP contribution in [-0.2, 0) is 18.9 Å². The summed E-state index contributed by atoms with van der Waals surface area (Å²) in [6, 6.07) is 0. The average Bonchev–Trinajstić information content (AvgIpc) is 2.24. The minimum atomic E-state index is -6.21. The van der Waals surface area contributed by atoms with Gasteiger partial charge in [-0.05, 0) is 0 Å². The first-order chi connectivity index (χ1) is 9.46. The predicted molar refractivity (Wildman–Crippen MR) is 52.5 cm³/mol. The second kappa shape index (κ2) is 5.95. The van der Waals surface area contributed by atoms with Crippen LogP contribution >= 0.6 is 7.60 Å². The monoisotopic (exact) mass is 361 g/mol. The van der Waals surface area contributed by atoms with Gasteiger partial charge in [-0.15, -0.1) is 0 Å². The van der Waals surface area contributed by atoms with Crippen molar-refractivity contribution in [3.05, 3.63) is 0 Å². The molecule has 4 N–H and O–H groups in total. The molecule has 0 spiro atoms. The third-order valence-corrected chi connectivity index (χ3v) is 2.64. The van der Waals surface area contributed by atoms with Gasteiger partial charge in [-0.2, -0.15) is 26.3 Å². The second-order valence-electron chi connectivity index (χ2n) is 3.71. The number of Topliss-reactive ketones (excluding diaryl/α,β-unsaturated/α-hetero) is 2. The van der Waals surface area contributed by atoms with Gasteiger partial charge in [0.2, 0.25) is 0 Å². The summed E-state index contributed by atoms with van der Waals surface area (Å²) in [7, 11) is -5.40. The van der Waals surface area contributed by atoms with Crippen LogP contribution in [0.2, 0.25) is 0 Å². The fraction of sp³-hybridized carbons (Fsp3) is 0.571. The zero-order valence-corrected chi connectivity index (χ0v) is 10.8. The highest BCUT2D eigenvalue weighted by Gasteiger charge is 2.68. The second-order valence-corrected chi connectivity index (χ2v) is 5.35. The molecule has 0 aliphatic rings. The number of rotatable bonds is 6. The van der Waals surface area contributed by atoms with E-state index >= 15 is 0 Å². The van der Waals surface area contributed by atoms with Gasteiger partial charge >= 0.3 is 25.9 Å². The van der Waals surface area contributed by atoms with Crippen molar-refractivity contribution in [3.63, 3.8) is 0 Å². The van der Waals surface area contributed by atoms with E-state index in [2.05, 4.69) is 0 Å². The molecule has 0 aliphatic carbocycles. The van der Waals surface area contributed by atoms with Gasteiger partial charge in [-0.25, -0.2) is 4.79 Å². The molecule has 0 aromatic heterocycles. The zero-order valence-electron chi connectivity index (χ0n) is 9.90. The Labute approximate surface area is 116 Å². The van der Waals surface area contributed by atoms with E-state index in [-0.39, 0.29) is 0 Å². The minimum Gasteiger partial charge on any atom is -0.479 e. The number of carbonyl (C=O) groups excluding carboxylic acids is 2. The summed E-state index contributed by atoms with van der Waals surface area (Å²) in [6.45, 7) is 0. The van der Waals surface area contributed by atoms with Gasteiger partial charge < -0.3 is 14.9 Å². The maximum Gasteiger partial charge on any atom is 0.453 e. The Kier molecular flexibility index (Phi) is 5.54. The van der Waals surface area contributed by atoms with Crippen LogP contribution in [0.5, 0.6) is 0 Å². The van der Waals surface area contributed by atoms with Crippen LogP contribution in [0, 0.1) is 0 Å². The Hall–Kier alpha value is -1.50. The van der Waals surface area contributed by atoms with Crippen molar-refractivity contribution in [1.29, 1.82) is 0 Å². The molecule has 0 saturated heterocycles. The van der Waals surface area contributed by atoms with E-state index in [9.17, 15) is 45.3 Å². The third kappa shape index (κ3) is 4.50. The molecule has 8 nitrogen and oxygen atoms in total. The minimum absolute atomic E-state index is 0.584. The maximum absolute atomic E-state index is 12.3. The standard InChI is InChI=1S/C7H6F6NO7P/c8-6(9,10)2(15)5(4(17)18,3(16)7(11,12)13)14-1-22(19,20)21/h14H,1H2,(H,17,18)(H2,19,20,21). The molecular formula is C7H6F6NO7P. The highest BCUT2D eigenvalue weighted by molar-refractivity contribution is 7.51. The Morgan fingerprint density at radius 3 is 1.41 bits per heavy atom. The molecule has 0 aliphatic heterocycles. The van der Waals surface area contributed by atoms with E-state index in [0.717, 1.165) is 0 Å². The topological polar surface area (TPSA) is 141 Å². The van der Waals surface area contributed by atoms with Gasteiger partial charge in [0.15, 0.2) is 0 Å². The Balaban J connectivity index is 6.23. The molecule has 0 saturated carbocycles. The van der Waals surface area contributed by atoms with Crippen molar-refractivity contribution in [2.45, 2.75) is 17.9 Å². The van der Waals surface area contributed by atoms with Gasteiger partial charge in [-0.3, -0.25) is 19.5 Å². The number of halogens is 6. The van der Waals surface area contributed by atoms with Gasteiger partial charge in [-0.1, -0.05) is 0 Å². The van der Waals surface area contributed by atoms with Gasteiger partial charge in [0.05, 0.1) is 0 Å². The van der Waals surface area contributed by atoms with Crippen molar-refractivity contribution >= 4 is 25.1 Å². The molecule has 0 fully saturated rings. The highest BCUT2D eigenvalue weighted by atomic mass is 31.2. The lowest BCUT2D eigenvalue weighted by atomic mass is 9.88. The van der Waals surface area contributed by atoms with Gasteiger partial charge in [0.25, 0.3) is 17.1 Å². The average molecular weight is 361 g/mol. The first-order valence-corrected chi connectivity index (χ1v) is 6.52. The highest BCUT2D eigenvalue weighted by Crippen LogP contribution is 2.36. The first-order valence-electron chi connectivity index (χ1n) is 4.72. The van der Waals surface area contributed by atoms with Crippen molar-refractivity contribution in [2.75, 3.05) is 6.29 Å². The Morgan fingerprint density at radius 1 is 0.909 bits per heavy atom. The summed E-state index contributed by atoms with van der Waals surface area (Å²) in [6.07, 6.45) is -14.5. The van der Waals surface area contributed by atoms with Crippen LogP contribution in [0.25, 0.3) is 0 Å². The number of aliphatic carboxylic acids is 1. The largest absolute Gasteiger partial charge is 0.479 e. The predicted octanol–water partition coefficient (Wildman–Crippen LogP) is -0.203. The van der Waals surface area contributed by atoms with Crippen molar-refractivity contribution in [3.8, 4) is 0 Å². The first kappa shape index (κ1) is 20.5. The summed E-state index contributed by atoms with van der Waals surface area (Å²) in [5, 5.41) is 9.11.